The Morgan fingerprint density at radius 3 is 2.22 bits per heavy atom. The molecule has 0 fully saturated rings. The molecule has 0 spiro atoms. The van der Waals surface area contributed by atoms with E-state index >= 15 is 0 Å². The van der Waals surface area contributed by atoms with E-state index in [0.29, 0.717) is 12.1 Å². The number of nitrogens with one attached hydrogen (secondary N) is 2. The van der Waals surface area contributed by atoms with Crippen LogP contribution in [0.25, 0.3) is 0 Å². The average Bonchev–Trinajstić information content (AvgIpc) is 2.59. The highest BCUT2D eigenvalue weighted by Gasteiger charge is 2.30. The SMILES string of the molecule is Cc1ccc(S(=O)(=O)NNC(=O)c2ccc(C(F)(F)F)cc2)cc1[N+](=O)[O-]. The van der Waals surface area contributed by atoms with E-state index in [4.69, 9.17) is 0 Å². The van der Waals surface area contributed by atoms with Crippen molar-refractivity contribution in [2.24, 2.45) is 0 Å². The lowest BCUT2D eigenvalue weighted by molar-refractivity contribution is -0.385. The van der Waals surface area contributed by atoms with Crippen molar-refractivity contribution in [1.29, 1.82) is 0 Å². The summed E-state index contributed by atoms with van der Waals surface area (Å²) in [5.41, 5.74) is 0.463. The summed E-state index contributed by atoms with van der Waals surface area (Å²) in [4.78, 5) is 23.3. The minimum Gasteiger partial charge on any atom is -0.273 e. The van der Waals surface area contributed by atoms with E-state index in [2.05, 4.69) is 0 Å². The molecule has 0 heterocycles. The summed E-state index contributed by atoms with van der Waals surface area (Å²) >= 11 is 0. The number of amides is 1. The molecule has 0 bridgehead atoms. The van der Waals surface area contributed by atoms with Gasteiger partial charge >= 0.3 is 6.18 Å². The molecule has 144 valence electrons. The summed E-state index contributed by atoms with van der Waals surface area (Å²) in [6.07, 6.45) is -4.57. The van der Waals surface area contributed by atoms with E-state index in [9.17, 15) is 36.5 Å². The molecule has 0 radical (unpaired) electrons. The maximum Gasteiger partial charge on any atom is 0.416 e. The fourth-order valence-corrected chi connectivity index (χ4v) is 2.87. The maximum atomic E-state index is 12.5. The van der Waals surface area contributed by atoms with Crippen LogP contribution in [0.4, 0.5) is 18.9 Å². The Labute approximate surface area is 151 Å². The molecule has 1 amide bonds. The highest BCUT2D eigenvalue weighted by molar-refractivity contribution is 7.89. The van der Waals surface area contributed by atoms with Crippen molar-refractivity contribution in [3.63, 3.8) is 0 Å². The number of benzene rings is 2. The number of sulfonamides is 1. The summed E-state index contributed by atoms with van der Waals surface area (Å²) in [6, 6.07) is 6.26. The summed E-state index contributed by atoms with van der Waals surface area (Å²) < 4.78 is 61.8. The number of nitro groups is 1. The standard InChI is InChI=1S/C15H12F3N3O5S/c1-9-2-7-12(8-13(9)21(23)24)27(25,26)20-19-14(22)10-3-5-11(6-4-10)15(16,17)18/h2-8,20H,1H3,(H,19,22). The molecule has 0 atom stereocenters. The molecule has 0 aliphatic heterocycles. The van der Waals surface area contributed by atoms with Gasteiger partial charge < -0.3 is 0 Å². The fourth-order valence-electron chi connectivity index (χ4n) is 2.01. The molecular weight excluding hydrogens is 391 g/mol. The van der Waals surface area contributed by atoms with Gasteiger partial charge in [0.05, 0.1) is 15.4 Å². The molecule has 2 aromatic carbocycles. The number of hydrogen-bond donors (Lipinski definition) is 2. The van der Waals surface area contributed by atoms with E-state index < -0.39 is 43.2 Å². The van der Waals surface area contributed by atoms with Crippen molar-refractivity contribution in [2.75, 3.05) is 0 Å². The van der Waals surface area contributed by atoms with Crippen LogP contribution < -0.4 is 10.3 Å². The lowest BCUT2D eigenvalue weighted by Crippen LogP contribution is -2.41. The monoisotopic (exact) mass is 403 g/mol. The second-order valence-corrected chi connectivity index (χ2v) is 7.02. The summed E-state index contributed by atoms with van der Waals surface area (Å²) in [5, 5.41) is 10.9. The molecule has 12 heteroatoms. The van der Waals surface area contributed by atoms with Crippen LogP contribution in [-0.2, 0) is 16.2 Å². The van der Waals surface area contributed by atoms with Gasteiger partial charge in [0.15, 0.2) is 0 Å². The van der Waals surface area contributed by atoms with Gasteiger partial charge in [-0.3, -0.25) is 20.3 Å². The quantitative estimate of drug-likeness (QED) is 0.588. The Morgan fingerprint density at radius 2 is 1.70 bits per heavy atom. The molecule has 0 saturated carbocycles. The fraction of sp³-hybridized carbons (Fsp3) is 0.133. The molecule has 0 unspecified atom stereocenters. The molecule has 2 N–H and O–H groups in total. The Bertz CT molecular complexity index is 989. The van der Waals surface area contributed by atoms with Crippen LogP contribution in [0.2, 0.25) is 0 Å². The third-order valence-electron chi connectivity index (χ3n) is 3.46. The van der Waals surface area contributed by atoms with Gasteiger partial charge in [0.2, 0.25) is 0 Å². The number of carbonyl (C=O) groups is 1. The summed E-state index contributed by atoms with van der Waals surface area (Å²) in [5.74, 6) is -1.01. The third-order valence-corrected chi connectivity index (χ3v) is 4.71. The Kier molecular flexibility index (Phi) is 5.51. The number of hydrogen-bond acceptors (Lipinski definition) is 5. The van der Waals surface area contributed by atoms with Crippen molar-refractivity contribution in [2.45, 2.75) is 18.0 Å². The molecule has 0 aromatic heterocycles. The molecule has 0 saturated heterocycles. The van der Waals surface area contributed by atoms with Crippen LogP contribution in [0.5, 0.6) is 0 Å². The molecule has 0 aliphatic rings. The van der Waals surface area contributed by atoms with Crippen LogP contribution in [0.3, 0.4) is 0 Å². The van der Waals surface area contributed by atoms with Crippen LogP contribution >= 0.6 is 0 Å². The number of aryl methyl sites for hydroxylation is 1. The smallest absolute Gasteiger partial charge is 0.273 e. The van der Waals surface area contributed by atoms with E-state index in [0.717, 1.165) is 24.3 Å². The second-order valence-electron chi connectivity index (χ2n) is 5.34. The van der Waals surface area contributed by atoms with Crippen molar-refractivity contribution >= 4 is 21.6 Å². The number of halogens is 3. The van der Waals surface area contributed by atoms with Crippen LogP contribution in [0, 0.1) is 17.0 Å². The van der Waals surface area contributed by atoms with E-state index in [1.165, 1.54) is 13.0 Å². The highest BCUT2D eigenvalue weighted by atomic mass is 32.2. The van der Waals surface area contributed by atoms with Gasteiger partial charge in [0.1, 0.15) is 0 Å². The zero-order chi connectivity index (χ0) is 20.4. The van der Waals surface area contributed by atoms with Crippen LogP contribution in [-0.4, -0.2) is 19.2 Å². The van der Waals surface area contributed by atoms with Crippen molar-refractivity contribution < 1.29 is 31.3 Å². The third kappa shape index (κ3) is 4.80. The topological polar surface area (TPSA) is 118 Å². The van der Waals surface area contributed by atoms with Crippen molar-refractivity contribution in [3.8, 4) is 0 Å². The Hall–Kier alpha value is -2.99. The van der Waals surface area contributed by atoms with Crippen molar-refractivity contribution in [1.82, 2.24) is 10.3 Å². The van der Waals surface area contributed by atoms with Gasteiger partial charge in [-0.2, -0.15) is 13.2 Å². The first-order valence-electron chi connectivity index (χ1n) is 7.16. The predicted molar refractivity (Wildman–Crippen MR) is 87.1 cm³/mol. The highest BCUT2D eigenvalue weighted by Crippen LogP contribution is 2.29. The number of carbonyl (C=O) groups excluding carboxylic acids is 1. The molecule has 2 rings (SSSR count). The van der Waals surface area contributed by atoms with Crippen LogP contribution in [0.15, 0.2) is 47.4 Å². The van der Waals surface area contributed by atoms with Crippen LogP contribution in [0.1, 0.15) is 21.5 Å². The lowest BCUT2D eigenvalue weighted by Gasteiger charge is -2.10. The summed E-state index contributed by atoms with van der Waals surface area (Å²) in [7, 11) is -4.33. The zero-order valence-electron chi connectivity index (χ0n) is 13.6. The Balaban J connectivity index is 2.14. The number of rotatable bonds is 5. The number of alkyl halides is 3. The minimum atomic E-state index is -4.57. The predicted octanol–water partition coefficient (Wildman–Crippen LogP) is 2.55. The van der Waals surface area contributed by atoms with Crippen molar-refractivity contribution in [3.05, 3.63) is 69.3 Å². The normalized spacial score (nSPS) is 11.9. The summed E-state index contributed by atoms with van der Waals surface area (Å²) in [6.45, 7) is 1.42. The van der Waals surface area contributed by atoms with E-state index in [-0.39, 0.29) is 11.1 Å². The van der Waals surface area contributed by atoms with Gasteiger partial charge in [-0.1, -0.05) is 6.07 Å². The minimum absolute atomic E-state index is 0.222. The largest absolute Gasteiger partial charge is 0.416 e. The lowest BCUT2D eigenvalue weighted by atomic mass is 10.1. The van der Waals surface area contributed by atoms with Gasteiger partial charge in [-0.15, -0.1) is 4.83 Å². The first-order chi connectivity index (χ1) is 12.4. The number of hydrazine groups is 1. The average molecular weight is 403 g/mol. The molecule has 8 nitrogen and oxygen atoms in total. The molecular formula is C15H12F3N3O5S. The molecule has 27 heavy (non-hydrogen) atoms. The van der Waals surface area contributed by atoms with Gasteiger partial charge in [-0.25, -0.2) is 8.42 Å². The zero-order valence-corrected chi connectivity index (χ0v) is 14.4. The number of nitro benzene ring substituents is 1. The van der Waals surface area contributed by atoms with E-state index in [1.54, 1.807) is 4.83 Å². The number of nitrogens with zero attached hydrogens (tertiary/aromatic N) is 1. The molecule has 0 aliphatic carbocycles. The van der Waals surface area contributed by atoms with E-state index in [1.807, 2.05) is 5.43 Å². The first kappa shape index (κ1) is 20.3. The first-order valence-corrected chi connectivity index (χ1v) is 8.64. The maximum absolute atomic E-state index is 12.5. The second kappa shape index (κ2) is 7.32. The van der Waals surface area contributed by atoms with Gasteiger partial charge in [0.25, 0.3) is 21.6 Å². The molecule has 2 aromatic rings. The van der Waals surface area contributed by atoms with Gasteiger partial charge in [0, 0.05) is 17.2 Å². The van der Waals surface area contributed by atoms with Gasteiger partial charge in [-0.05, 0) is 37.3 Å². The Morgan fingerprint density at radius 1 is 1.11 bits per heavy atom.